The maximum atomic E-state index is 13.1. The first kappa shape index (κ1) is 22.5. The van der Waals surface area contributed by atoms with Gasteiger partial charge in [0.1, 0.15) is 17.8 Å². The number of hydrogen-bond donors (Lipinski definition) is 2. The predicted octanol–water partition coefficient (Wildman–Crippen LogP) is 3.30. The lowest BCUT2D eigenvalue weighted by atomic mass is 10.1. The number of nitrogens with zero attached hydrogens (tertiary/aromatic N) is 5. The molecule has 1 amide bonds. The fraction of sp³-hybridized carbons (Fsp3) is 0.250. The number of ether oxygens (including phenoxy) is 1. The van der Waals surface area contributed by atoms with Crippen LogP contribution in [0.4, 0.5) is 24.7 Å². The first-order chi connectivity index (χ1) is 15.6. The fourth-order valence-corrected chi connectivity index (χ4v) is 3.60. The molecule has 33 heavy (non-hydrogen) atoms. The Morgan fingerprint density at radius 1 is 1.21 bits per heavy atom. The maximum absolute atomic E-state index is 13.1. The van der Waals surface area contributed by atoms with E-state index < -0.39 is 11.7 Å². The Bertz CT molecular complexity index is 1220. The average molecular weight is 480 g/mol. The minimum absolute atomic E-state index is 0.00492. The molecule has 3 N–H and O–H groups in total. The van der Waals surface area contributed by atoms with Crippen molar-refractivity contribution in [2.45, 2.75) is 25.8 Å². The Hall–Kier alpha value is -3.67. The van der Waals surface area contributed by atoms with E-state index in [0.29, 0.717) is 22.6 Å². The SMILES string of the molecule is COc1cc(C(=O)N2Cc3nc(Cl)nc(NCc4cc(N)cc(C(F)(F)F)c4)c3C2)ncn1. The minimum atomic E-state index is -4.52. The molecular formula is C20H17ClF3N7O2. The van der Waals surface area contributed by atoms with E-state index in [9.17, 15) is 18.0 Å². The number of hydrogen-bond acceptors (Lipinski definition) is 8. The van der Waals surface area contributed by atoms with Gasteiger partial charge in [-0.25, -0.2) is 19.9 Å². The molecule has 0 unspecified atom stereocenters. The predicted molar refractivity (Wildman–Crippen MR) is 112 cm³/mol. The largest absolute Gasteiger partial charge is 0.481 e. The van der Waals surface area contributed by atoms with Crippen LogP contribution >= 0.6 is 11.6 Å². The molecule has 3 aromatic rings. The number of carbonyl (C=O) groups excluding carboxylic acids is 1. The summed E-state index contributed by atoms with van der Waals surface area (Å²) < 4.78 is 44.3. The summed E-state index contributed by atoms with van der Waals surface area (Å²) in [5.74, 6) is 0.189. The van der Waals surface area contributed by atoms with E-state index in [2.05, 4.69) is 25.3 Å². The first-order valence-electron chi connectivity index (χ1n) is 9.55. The Labute approximate surface area is 190 Å². The van der Waals surface area contributed by atoms with Crippen LogP contribution in [0.25, 0.3) is 0 Å². The molecule has 0 aliphatic carbocycles. The molecule has 0 radical (unpaired) electrons. The summed E-state index contributed by atoms with van der Waals surface area (Å²) in [5.41, 5.74) is 6.35. The quantitative estimate of drug-likeness (QED) is 0.422. The smallest absolute Gasteiger partial charge is 0.416 e. The summed E-state index contributed by atoms with van der Waals surface area (Å²) >= 11 is 6.03. The zero-order valence-corrected chi connectivity index (χ0v) is 17.9. The van der Waals surface area contributed by atoms with Gasteiger partial charge in [-0.2, -0.15) is 13.2 Å². The third-order valence-electron chi connectivity index (χ3n) is 4.91. The van der Waals surface area contributed by atoms with Gasteiger partial charge in [-0.3, -0.25) is 4.79 Å². The number of rotatable bonds is 5. The van der Waals surface area contributed by atoms with Gasteiger partial charge in [0, 0.05) is 23.9 Å². The molecule has 9 nitrogen and oxygen atoms in total. The van der Waals surface area contributed by atoms with Gasteiger partial charge >= 0.3 is 6.18 Å². The lowest BCUT2D eigenvalue weighted by molar-refractivity contribution is -0.137. The molecule has 2 aromatic heterocycles. The molecule has 172 valence electrons. The number of nitrogens with two attached hydrogens (primary N) is 1. The molecule has 0 spiro atoms. The van der Waals surface area contributed by atoms with Gasteiger partial charge in [-0.1, -0.05) is 0 Å². The van der Waals surface area contributed by atoms with E-state index >= 15 is 0 Å². The molecule has 4 rings (SSSR count). The summed E-state index contributed by atoms with van der Waals surface area (Å²) in [6.45, 7) is 0.323. The van der Waals surface area contributed by atoms with Crippen molar-refractivity contribution in [2.24, 2.45) is 0 Å². The Morgan fingerprint density at radius 3 is 2.73 bits per heavy atom. The summed E-state index contributed by atoms with van der Waals surface area (Å²) in [6.07, 6.45) is -3.30. The van der Waals surface area contributed by atoms with Crippen molar-refractivity contribution in [2.75, 3.05) is 18.2 Å². The van der Waals surface area contributed by atoms with Crippen LogP contribution in [0.5, 0.6) is 5.88 Å². The zero-order valence-electron chi connectivity index (χ0n) is 17.1. The number of fused-ring (bicyclic) bond motifs is 1. The fourth-order valence-electron chi connectivity index (χ4n) is 3.41. The molecule has 1 aliphatic rings. The molecular weight excluding hydrogens is 463 g/mol. The molecule has 1 aromatic carbocycles. The lowest BCUT2D eigenvalue weighted by Crippen LogP contribution is -2.26. The second-order valence-corrected chi connectivity index (χ2v) is 7.53. The second-order valence-electron chi connectivity index (χ2n) is 7.19. The molecule has 1 aliphatic heterocycles. The van der Waals surface area contributed by atoms with Crippen molar-refractivity contribution in [3.63, 3.8) is 0 Å². The van der Waals surface area contributed by atoms with Gasteiger partial charge in [-0.05, 0) is 35.4 Å². The van der Waals surface area contributed by atoms with Gasteiger partial charge < -0.3 is 20.7 Å². The van der Waals surface area contributed by atoms with Crippen molar-refractivity contribution >= 4 is 29.0 Å². The number of aromatic nitrogens is 4. The van der Waals surface area contributed by atoms with E-state index in [1.807, 2.05) is 0 Å². The van der Waals surface area contributed by atoms with Gasteiger partial charge in [0.2, 0.25) is 11.2 Å². The minimum Gasteiger partial charge on any atom is -0.481 e. The van der Waals surface area contributed by atoms with Crippen LogP contribution in [-0.4, -0.2) is 37.9 Å². The average Bonchev–Trinajstić information content (AvgIpc) is 3.20. The second kappa shape index (κ2) is 8.70. The number of amides is 1. The third-order valence-corrected chi connectivity index (χ3v) is 5.08. The Morgan fingerprint density at radius 2 is 2.00 bits per heavy atom. The molecule has 0 atom stereocenters. The molecule has 0 bridgehead atoms. The number of methoxy groups -OCH3 is 1. The number of nitrogen functional groups attached to an aromatic ring is 1. The topological polar surface area (TPSA) is 119 Å². The van der Waals surface area contributed by atoms with Gasteiger partial charge in [0.05, 0.1) is 31.5 Å². The highest BCUT2D eigenvalue weighted by atomic mass is 35.5. The maximum Gasteiger partial charge on any atom is 0.416 e. The third kappa shape index (κ3) is 4.90. The van der Waals surface area contributed by atoms with E-state index in [1.54, 1.807) is 0 Å². The van der Waals surface area contributed by atoms with Gasteiger partial charge in [0.15, 0.2) is 0 Å². The van der Waals surface area contributed by atoms with Crippen molar-refractivity contribution in [1.29, 1.82) is 0 Å². The molecule has 0 saturated carbocycles. The van der Waals surface area contributed by atoms with Gasteiger partial charge in [-0.15, -0.1) is 0 Å². The highest BCUT2D eigenvalue weighted by molar-refractivity contribution is 6.28. The van der Waals surface area contributed by atoms with Crippen molar-refractivity contribution in [1.82, 2.24) is 24.8 Å². The van der Waals surface area contributed by atoms with Crippen molar-refractivity contribution < 1.29 is 22.7 Å². The Balaban J connectivity index is 1.55. The van der Waals surface area contributed by atoms with E-state index in [1.165, 1.54) is 30.5 Å². The first-order valence-corrected chi connectivity index (χ1v) is 9.93. The number of halogens is 4. The highest BCUT2D eigenvalue weighted by Crippen LogP contribution is 2.32. The monoisotopic (exact) mass is 479 g/mol. The normalized spacial score (nSPS) is 13.1. The molecule has 3 heterocycles. The van der Waals surface area contributed by atoms with Crippen LogP contribution in [0.15, 0.2) is 30.6 Å². The van der Waals surface area contributed by atoms with E-state index in [4.69, 9.17) is 22.1 Å². The molecule has 13 heteroatoms. The summed E-state index contributed by atoms with van der Waals surface area (Å²) in [4.78, 5) is 30.6. The molecule has 0 fully saturated rings. The number of anilines is 2. The van der Waals surface area contributed by atoms with Crippen LogP contribution in [0.3, 0.4) is 0 Å². The van der Waals surface area contributed by atoms with Crippen LogP contribution in [-0.2, 0) is 25.8 Å². The van der Waals surface area contributed by atoms with Gasteiger partial charge in [0.25, 0.3) is 5.91 Å². The van der Waals surface area contributed by atoms with E-state index in [0.717, 1.165) is 12.1 Å². The summed E-state index contributed by atoms with van der Waals surface area (Å²) in [6, 6.07) is 4.73. The van der Waals surface area contributed by atoms with Crippen LogP contribution in [0.2, 0.25) is 5.28 Å². The van der Waals surface area contributed by atoms with Crippen molar-refractivity contribution in [3.8, 4) is 5.88 Å². The number of alkyl halides is 3. The lowest BCUT2D eigenvalue weighted by Gasteiger charge is -2.15. The Kier molecular flexibility index (Phi) is 5.93. The van der Waals surface area contributed by atoms with Crippen molar-refractivity contribution in [3.05, 3.63) is 64.0 Å². The standard InChI is InChI=1S/C20H17ClF3N7O2/c1-33-16-5-14(27-9-28-16)18(32)31-7-13-15(8-31)29-19(21)30-17(13)26-6-10-2-11(20(22,23)24)4-12(25)3-10/h2-5,9H,6-8,25H2,1H3,(H,26,29,30). The molecule has 0 saturated heterocycles. The summed E-state index contributed by atoms with van der Waals surface area (Å²) in [7, 11) is 1.43. The number of nitrogens with one attached hydrogen (secondary N) is 1. The van der Waals surface area contributed by atoms with Crippen LogP contribution in [0, 0.1) is 0 Å². The van der Waals surface area contributed by atoms with E-state index in [-0.39, 0.29) is 48.1 Å². The summed E-state index contributed by atoms with van der Waals surface area (Å²) in [5, 5.41) is 2.93. The number of carbonyl (C=O) groups is 1. The number of benzene rings is 1. The van der Waals surface area contributed by atoms with Crippen LogP contribution in [0.1, 0.15) is 32.9 Å². The zero-order chi connectivity index (χ0) is 23.8. The highest BCUT2D eigenvalue weighted by Gasteiger charge is 2.32. The van der Waals surface area contributed by atoms with Crippen LogP contribution < -0.4 is 15.8 Å².